The van der Waals surface area contributed by atoms with Crippen LogP contribution in [0.2, 0.25) is 0 Å². The Morgan fingerprint density at radius 2 is 2.22 bits per heavy atom. The van der Waals surface area contributed by atoms with Gasteiger partial charge in [0.1, 0.15) is 5.76 Å². The third kappa shape index (κ3) is 3.78. The van der Waals surface area contributed by atoms with Gasteiger partial charge in [0, 0.05) is 6.54 Å². The minimum absolute atomic E-state index is 0.0216. The predicted octanol–water partition coefficient (Wildman–Crippen LogP) is 2.09. The second-order valence-electron chi connectivity index (χ2n) is 7.29. The Morgan fingerprint density at radius 3 is 2.87 bits per heavy atom. The van der Waals surface area contributed by atoms with Gasteiger partial charge in [-0.25, -0.2) is 0 Å². The highest BCUT2D eigenvalue weighted by molar-refractivity contribution is 5.82. The zero-order valence-electron chi connectivity index (χ0n) is 14.4. The number of carbonyl (C=O) groups is 1. The van der Waals surface area contributed by atoms with E-state index in [1.165, 1.54) is 12.8 Å². The summed E-state index contributed by atoms with van der Waals surface area (Å²) >= 11 is 0. The van der Waals surface area contributed by atoms with E-state index in [0.717, 1.165) is 44.8 Å². The van der Waals surface area contributed by atoms with Crippen LogP contribution in [0.15, 0.2) is 22.8 Å². The van der Waals surface area contributed by atoms with Gasteiger partial charge in [-0.05, 0) is 69.9 Å². The van der Waals surface area contributed by atoms with Crippen molar-refractivity contribution in [3.8, 4) is 0 Å². The average Bonchev–Trinajstić information content (AvgIpc) is 3.17. The molecule has 1 N–H and O–H groups in total. The van der Waals surface area contributed by atoms with Gasteiger partial charge in [-0.15, -0.1) is 0 Å². The zero-order valence-corrected chi connectivity index (χ0v) is 14.4. The van der Waals surface area contributed by atoms with E-state index in [9.17, 15) is 4.79 Å². The fraction of sp³-hybridized carbons (Fsp3) is 0.722. The summed E-state index contributed by atoms with van der Waals surface area (Å²) in [5, 5.41) is 3.06. The van der Waals surface area contributed by atoms with Crippen molar-refractivity contribution < 1.29 is 9.21 Å². The number of hydrogen-bond acceptors (Lipinski definition) is 4. The third-order valence-corrected chi connectivity index (χ3v) is 5.48. The van der Waals surface area contributed by atoms with Crippen molar-refractivity contribution >= 4 is 5.91 Å². The van der Waals surface area contributed by atoms with Crippen molar-refractivity contribution in [2.75, 3.05) is 33.2 Å². The molecule has 128 valence electrons. The van der Waals surface area contributed by atoms with Crippen LogP contribution in [-0.2, 0) is 11.3 Å². The number of hydrogen-bond donors (Lipinski definition) is 1. The molecular formula is C18H29N3O2. The van der Waals surface area contributed by atoms with E-state index < -0.39 is 0 Å². The molecule has 0 saturated carbocycles. The molecule has 23 heavy (non-hydrogen) atoms. The lowest BCUT2D eigenvalue weighted by molar-refractivity contribution is -0.125. The fourth-order valence-electron chi connectivity index (χ4n) is 4.09. The van der Waals surface area contributed by atoms with Crippen LogP contribution in [0.3, 0.4) is 0 Å². The number of piperidine rings is 1. The van der Waals surface area contributed by atoms with Gasteiger partial charge >= 0.3 is 0 Å². The monoisotopic (exact) mass is 319 g/mol. The summed E-state index contributed by atoms with van der Waals surface area (Å²) in [6.07, 6.45) is 6.17. The summed E-state index contributed by atoms with van der Waals surface area (Å²) in [5.74, 6) is 0.970. The maximum atomic E-state index is 12.7. The molecule has 1 aromatic rings. The van der Waals surface area contributed by atoms with E-state index in [2.05, 4.69) is 29.1 Å². The van der Waals surface area contributed by atoms with Crippen LogP contribution in [0, 0.1) is 5.41 Å². The summed E-state index contributed by atoms with van der Waals surface area (Å²) in [4.78, 5) is 17.5. The number of furan rings is 1. The number of rotatable bonds is 5. The first-order chi connectivity index (χ1) is 11.1. The van der Waals surface area contributed by atoms with E-state index in [1.54, 1.807) is 6.26 Å². The maximum absolute atomic E-state index is 12.7. The van der Waals surface area contributed by atoms with Gasteiger partial charge in [0.25, 0.3) is 0 Å². The van der Waals surface area contributed by atoms with Crippen LogP contribution < -0.4 is 5.32 Å². The Morgan fingerprint density at radius 1 is 1.43 bits per heavy atom. The zero-order chi connectivity index (χ0) is 16.3. The van der Waals surface area contributed by atoms with Crippen LogP contribution >= 0.6 is 0 Å². The van der Waals surface area contributed by atoms with Gasteiger partial charge < -0.3 is 14.6 Å². The largest absolute Gasteiger partial charge is 0.467 e. The van der Waals surface area contributed by atoms with Gasteiger partial charge in [-0.3, -0.25) is 9.69 Å². The normalized spacial score (nSPS) is 25.0. The Labute approximate surface area is 139 Å². The quantitative estimate of drug-likeness (QED) is 0.903. The number of carbonyl (C=O) groups excluding carboxylic acids is 1. The maximum Gasteiger partial charge on any atom is 0.237 e. The molecule has 1 unspecified atom stereocenters. The Bertz CT molecular complexity index is 506. The summed E-state index contributed by atoms with van der Waals surface area (Å²) in [5.41, 5.74) is 0.342. The van der Waals surface area contributed by atoms with Crippen molar-refractivity contribution in [2.24, 2.45) is 5.41 Å². The average molecular weight is 319 g/mol. The van der Waals surface area contributed by atoms with Crippen molar-refractivity contribution in [1.29, 1.82) is 0 Å². The molecule has 0 aromatic carbocycles. The predicted molar refractivity (Wildman–Crippen MR) is 90.0 cm³/mol. The first-order valence-electron chi connectivity index (χ1n) is 8.84. The molecule has 5 nitrogen and oxygen atoms in total. The van der Waals surface area contributed by atoms with Crippen molar-refractivity contribution in [2.45, 2.75) is 45.2 Å². The molecule has 3 heterocycles. The van der Waals surface area contributed by atoms with Crippen LogP contribution in [0.1, 0.15) is 38.4 Å². The van der Waals surface area contributed by atoms with Crippen LogP contribution in [0.4, 0.5) is 0 Å². The van der Waals surface area contributed by atoms with Gasteiger partial charge in [-0.1, -0.05) is 6.92 Å². The number of nitrogens with one attached hydrogen (secondary N) is 1. The molecule has 1 aromatic heterocycles. The van der Waals surface area contributed by atoms with Gasteiger partial charge in [0.05, 0.1) is 18.8 Å². The molecule has 2 fully saturated rings. The van der Waals surface area contributed by atoms with E-state index in [-0.39, 0.29) is 11.9 Å². The van der Waals surface area contributed by atoms with Crippen molar-refractivity contribution in [3.05, 3.63) is 24.2 Å². The van der Waals surface area contributed by atoms with Crippen LogP contribution in [-0.4, -0.2) is 55.0 Å². The smallest absolute Gasteiger partial charge is 0.237 e. The summed E-state index contributed by atoms with van der Waals surface area (Å²) in [7, 11) is 2.19. The topological polar surface area (TPSA) is 48.7 Å². The second kappa shape index (κ2) is 7.05. The summed E-state index contributed by atoms with van der Waals surface area (Å²) < 4.78 is 5.31. The molecule has 0 bridgehead atoms. The minimum Gasteiger partial charge on any atom is -0.467 e. The van der Waals surface area contributed by atoms with E-state index in [1.807, 2.05) is 12.1 Å². The first kappa shape index (κ1) is 16.5. The minimum atomic E-state index is 0.0216. The number of nitrogens with zero attached hydrogens (tertiary/aromatic N) is 2. The molecule has 1 spiro atoms. The molecule has 2 aliphatic heterocycles. The molecule has 2 saturated heterocycles. The Kier molecular flexibility index (Phi) is 5.07. The molecule has 1 atom stereocenters. The Hall–Kier alpha value is -1.33. The van der Waals surface area contributed by atoms with Gasteiger partial charge in [0.15, 0.2) is 0 Å². The molecular weight excluding hydrogens is 290 g/mol. The van der Waals surface area contributed by atoms with E-state index >= 15 is 0 Å². The van der Waals surface area contributed by atoms with Gasteiger partial charge in [-0.2, -0.15) is 0 Å². The van der Waals surface area contributed by atoms with E-state index in [4.69, 9.17) is 4.42 Å². The summed E-state index contributed by atoms with van der Waals surface area (Å²) in [6, 6.07) is 3.78. The molecule has 2 aliphatic rings. The lowest BCUT2D eigenvalue weighted by Crippen LogP contribution is -2.43. The first-order valence-corrected chi connectivity index (χ1v) is 8.84. The molecule has 5 heteroatoms. The van der Waals surface area contributed by atoms with Crippen LogP contribution in [0.25, 0.3) is 0 Å². The highest BCUT2D eigenvalue weighted by atomic mass is 16.3. The molecule has 1 amide bonds. The standard InChI is InChI=1S/C18H29N3O2/c1-3-8-21-14-18(6-9-20(2)10-7-18)12-16(21)17(22)19-13-15-5-4-11-23-15/h4-5,11,16H,3,6-10,12-14H2,1-2H3,(H,19,22). The fourth-order valence-corrected chi connectivity index (χ4v) is 4.09. The Balaban J connectivity index is 1.62. The number of amides is 1. The van der Waals surface area contributed by atoms with Crippen molar-refractivity contribution in [3.63, 3.8) is 0 Å². The SMILES string of the molecule is CCCN1CC2(CCN(C)CC2)CC1C(=O)NCc1ccco1. The van der Waals surface area contributed by atoms with E-state index in [0.29, 0.717) is 12.0 Å². The molecule has 0 aliphatic carbocycles. The third-order valence-electron chi connectivity index (χ3n) is 5.48. The van der Waals surface area contributed by atoms with Gasteiger partial charge in [0.2, 0.25) is 5.91 Å². The lowest BCUT2D eigenvalue weighted by Gasteiger charge is -2.37. The second-order valence-corrected chi connectivity index (χ2v) is 7.29. The molecule has 0 radical (unpaired) electrons. The highest BCUT2D eigenvalue weighted by Crippen LogP contribution is 2.43. The highest BCUT2D eigenvalue weighted by Gasteiger charge is 2.47. The molecule has 3 rings (SSSR count). The summed E-state index contributed by atoms with van der Waals surface area (Å²) in [6.45, 7) is 7.07. The van der Waals surface area contributed by atoms with Crippen molar-refractivity contribution in [1.82, 2.24) is 15.1 Å². The van der Waals surface area contributed by atoms with Crippen LogP contribution in [0.5, 0.6) is 0 Å². The number of likely N-dealkylation sites (tertiary alicyclic amines) is 2. The lowest BCUT2D eigenvalue weighted by atomic mass is 9.76.